The summed E-state index contributed by atoms with van der Waals surface area (Å²) < 4.78 is 8.22. The van der Waals surface area contributed by atoms with Crippen molar-refractivity contribution in [2.75, 3.05) is 19.8 Å². The molecule has 1 aromatic heterocycles. The number of amides is 1. The average molecular weight is 357 g/mol. The molecule has 1 aromatic rings. The van der Waals surface area contributed by atoms with Crippen LogP contribution in [0.25, 0.3) is 0 Å². The minimum Gasteiger partial charge on any atom is -0.380 e. The van der Waals surface area contributed by atoms with Crippen LogP contribution in [0.3, 0.4) is 0 Å². The molecular weight excluding hydrogens is 326 g/mol. The van der Waals surface area contributed by atoms with Crippen LogP contribution in [0.1, 0.15) is 62.3 Å². The van der Waals surface area contributed by atoms with Crippen LogP contribution in [0.5, 0.6) is 0 Å². The third-order valence-corrected chi connectivity index (χ3v) is 6.28. The molecule has 0 unspecified atom stereocenters. The van der Waals surface area contributed by atoms with E-state index in [4.69, 9.17) is 4.74 Å². The molecule has 0 spiro atoms. The van der Waals surface area contributed by atoms with E-state index in [-0.39, 0.29) is 11.8 Å². The molecule has 4 rings (SSSR count). The molecule has 26 heavy (non-hydrogen) atoms. The number of hydrogen-bond acceptors (Lipinski definition) is 3. The molecule has 1 amide bonds. The summed E-state index contributed by atoms with van der Waals surface area (Å²) in [5.41, 5.74) is 2.30. The van der Waals surface area contributed by atoms with Crippen LogP contribution in [-0.2, 0) is 23.1 Å². The van der Waals surface area contributed by atoms with Crippen molar-refractivity contribution in [1.29, 1.82) is 0 Å². The second-order valence-electron chi connectivity index (χ2n) is 8.32. The van der Waals surface area contributed by atoms with Crippen LogP contribution in [0.4, 0.5) is 0 Å². The highest BCUT2D eigenvalue weighted by Gasteiger charge is 2.32. The quantitative estimate of drug-likeness (QED) is 0.733. The Balaban J connectivity index is 1.39. The smallest absolute Gasteiger partial charge is 0.223 e. The van der Waals surface area contributed by atoms with E-state index in [0.717, 1.165) is 37.6 Å². The van der Waals surface area contributed by atoms with Crippen LogP contribution < -0.4 is 0 Å². The second kappa shape index (κ2) is 7.95. The number of hydrogen-bond donors (Lipinski definition) is 0. The molecule has 3 aliphatic rings. The number of ether oxygens (including phenoxy) is 1. The van der Waals surface area contributed by atoms with Gasteiger partial charge in [0, 0.05) is 38.2 Å². The number of carbonyl (C=O) groups excluding carboxylic acids is 1. The summed E-state index contributed by atoms with van der Waals surface area (Å²) >= 11 is 0. The zero-order valence-corrected chi connectivity index (χ0v) is 15.9. The molecule has 1 saturated carbocycles. The Labute approximate surface area is 156 Å². The highest BCUT2D eigenvalue weighted by Crippen LogP contribution is 2.30. The van der Waals surface area contributed by atoms with Crippen molar-refractivity contribution in [2.24, 2.45) is 18.9 Å². The fraction of sp³-hybridized carbons (Fsp3) is 0.714. The van der Waals surface area contributed by atoms with Gasteiger partial charge in [-0.15, -0.1) is 0 Å². The van der Waals surface area contributed by atoms with E-state index in [9.17, 15) is 4.79 Å². The largest absolute Gasteiger partial charge is 0.380 e. The molecule has 142 valence electrons. The summed E-state index contributed by atoms with van der Waals surface area (Å²) in [7, 11) is 2.05. The normalized spacial score (nSPS) is 25.8. The molecule has 0 radical (unpaired) electrons. The minimum absolute atomic E-state index is 0.232. The molecule has 5 heteroatoms. The molecule has 5 nitrogen and oxygen atoms in total. The fourth-order valence-corrected chi connectivity index (χ4v) is 4.83. The predicted molar refractivity (Wildman–Crippen MR) is 101 cm³/mol. The second-order valence-corrected chi connectivity index (χ2v) is 8.32. The molecular formula is C21H31N3O2. The Morgan fingerprint density at radius 3 is 2.88 bits per heavy atom. The standard InChI is InChI=1S/C21H31N3O2/c1-23-15-22-19-12-24(20(25)10-16-6-2-3-7-16)11-18(21(19)23)14-26-13-17-8-4-5-9-17/h2,6,15-18H,3-5,7-14H2,1H3/t16-,18+/m0/s1. The molecule has 2 heterocycles. The van der Waals surface area contributed by atoms with Crippen LogP contribution in [0.2, 0.25) is 0 Å². The summed E-state index contributed by atoms with van der Waals surface area (Å²) in [4.78, 5) is 19.4. The number of aromatic nitrogens is 2. The van der Waals surface area contributed by atoms with E-state index in [1.165, 1.54) is 31.4 Å². The van der Waals surface area contributed by atoms with Crippen LogP contribution in [0.15, 0.2) is 18.5 Å². The van der Waals surface area contributed by atoms with Crippen molar-refractivity contribution in [3.05, 3.63) is 29.9 Å². The summed E-state index contributed by atoms with van der Waals surface area (Å²) in [5.74, 6) is 1.65. The summed E-state index contributed by atoms with van der Waals surface area (Å²) in [6.45, 7) is 2.96. The van der Waals surface area contributed by atoms with E-state index in [0.29, 0.717) is 25.5 Å². The van der Waals surface area contributed by atoms with Gasteiger partial charge >= 0.3 is 0 Å². The van der Waals surface area contributed by atoms with Gasteiger partial charge in [0.05, 0.1) is 25.2 Å². The zero-order chi connectivity index (χ0) is 17.9. The fourth-order valence-electron chi connectivity index (χ4n) is 4.83. The van der Waals surface area contributed by atoms with Gasteiger partial charge < -0.3 is 14.2 Å². The maximum atomic E-state index is 12.8. The Morgan fingerprint density at radius 2 is 2.12 bits per heavy atom. The van der Waals surface area contributed by atoms with Gasteiger partial charge in [-0.2, -0.15) is 0 Å². The highest BCUT2D eigenvalue weighted by molar-refractivity contribution is 5.77. The molecule has 0 bridgehead atoms. The van der Waals surface area contributed by atoms with E-state index >= 15 is 0 Å². The Bertz CT molecular complexity index is 660. The van der Waals surface area contributed by atoms with E-state index in [1.54, 1.807) is 0 Å². The van der Waals surface area contributed by atoms with Crippen molar-refractivity contribution in [3.8, 4) is 0 Å². The maximum Gasteiger partial charge on any atom is 0.223 e. The van der Waals surface area contributed by atoms with Crippen molar-refractivity contribution in [1.82, 2.24) is 14.5 Å². The lowest BCUT2D eigenvalue weighted by atomic mass is 9.97. The van der Waals surface area contributed by atoms with Crippen LogP contribution in [-0.4, -0.2) is 40.1 Å². The van der Waals surface area contributed by atoms with Gasteiger partial charge in [-0.05, 0) is 37.5 Å². The third-order valence-electron chi connectivity index (χ3n) is 6.28. The van der Waals surface area contributed by atoms with Crippen molar-refractivity contribution >= 4 is 5.91 Å². The molecule has 0 N–H and O–H groups in total. The van der Waals surface area contributed by atoms with E-state index in [2.05, 4.69) is 28.8 Å². The lowest BCUT2D eigenvalue weighted by Gasteiger charge is -2.33. The molecule has 0 saturated heterocycles. The first kappa shape index (κ1) is 17.8. The Morgan fingerprint density at radius 1 is 1.27 bits per heavy atom. The highest BCUT2D eigenvalue weighted by atomic mass is 16.5. The summed E-state index contributed by atoms with van der Waals surface area (Å²) in [6.07, 6.45) is 14.4. The van der Waals surface area contributed by atoms with E-state index < -0.39 is 0 Å². The first-order valence-electron chi connectivity index (χ1n) is 10.2. The average Bonchev–Trinajstić information content (AvgIpc) is 3.38. The van der Waals surface area contributed by atoms with E-state index in [1.807, 2.05) is 11.2 Å². The monoisotopic (exact) mass is 357 g/mol. The number of imidazole rings is 1. The van der Waals surface area contributed by atoms with Gasteiger partial charge in [-0.3, -0.25) is 4.79 Å². The lowest BCUT2D eigenvalue weighted by molar-refractivity contribution is -0.133. The first-order valence-corrected chi connectivity index (χ1v) is 10.2. The van der Waals surface area contributed by atoms with Gasteiger partial charge in [0.15, 0.2) is 0 Å². The number of carbonyl (C=O) groups is 1. The Hall–Kier alpha value is -1.62. The molecule has 1 fully saturated rings. The van der Waals surface area contributed by atoms with Gasteiger partial charge in [-0.25, -0.2) is 4.98 Å². The van der Waals surface area contributed by atoms with Crippen molar-refractivity contribution in [3.63, 3.8) is 0 Å². The van der Waals surface area contributed by atoms with Crippen molar-refractivity contribution in [2.45, 2.75) is 57.4 Å². The predicted octanol–water partition coefficient (Wildman–Crippen LogP) is 3.41. The molecule has 2 aliphatic carbocycles. The minimum atomic E-state index is 0.232. The van der Waals surface area contributed by atoms with Gasteiger partial charge in [0.25, 0.3) is 0 Å². The van der Waals surface area contributed by atoms with Gasteiger partial charge in [0.2, 0.25) is 5.91 Å². The van der Waals surface area contributed by atoms with Gasteiger partial charge in [0.1, 0.15) is 0 Å². The summed E-state index contributed by atoms with van der Waals surface area (Å²) in [6, 6.07) is 0. The molecule has 1 aliphatic heterocycles. The SMILES string of the molecule is Cn1cnc2c1[C@@H](COCC1CCCC1)CN(C(=O)C[C@H]1C=CCC1)C2. The number of aryl methyl sites for hydroxylation is 1. The summed E-state index contributed by atoms with van der Waals surface area (Å²) in [5, 5.41) is 0. The molecule has 2 atom stereocenters. The third kappa shape index (κ3) is 3.88. The number of rotatable bonds is 6. The van der Waals surface area contributed by atoms with Gasteiger partial charge in [-0.1, -0.05) is 25.0 Å². The number of fused-ring (bicyclic) bond motifs is 1. The lowest BCUT2D eigenvalue weighted by Crippen LogP contribution is -2.40. The van der Waals surface area contributed by atoms with Crippen LogP contribution in [0, 0.1) is 11.8 Å². The number of allylic oxidation sites excluding steroid dienone is 2. The van der Waals surface area contributed by atoms with Crippen molar-refractivity contribution < 1.29 is 9.53 Å². The topological polar surface area (TPSA) is 47.4 Å². The Kier molecular flexibility index (Phi) is 5.44. The maximum absolute atomic E-state index is 12.8. The van der Waals surface area contributed by atoms with Crippen LogP contribution >= 0.6 is 0 Å². The number of nitrogens with zero attached hydrogens (tertiary/aromatic N) is 3. The molecule has 0 aromatic carbocycles. The zero-order valence-electron chi connectivity index (χ0n) is 15.9. The first-order chi connectivity index (χ1) is 12.7.